The van der Waals surface area contributed by atoms with Gasteiger partial charge in [-0.25, -0.2) is 8.42 Å². The molecule has 0 unspecified atom stereocenters. The first kappa shape index (κ1) is 28.2. The molecule has 0 amide bonds. The zero-order valence-corrected chi connectivity index (χ0v) is 22.3. The molecule has 0 bridgehead atoms. The highest BCUT2D eigenvalue weighted by molar-refractivity contribution is 7.88. The fraction of sp³-hybridized carbons (Fsp3) is 0.750. The van der Waals surface area contributed by atoms with Crippen LogP contribution in [0.3, 0.4) is 0 Å². The molecule has 0 atom stereocenters. The Morgan fingerprint density at radius 1 is 1.11 bits per heavy atom. The molecule has 2 N–H and O–H groups in total. The third-order valence-corrected chi connectivity index (χ3v) is 8.43. The third-order valence-electron chi connectivity index (χ3n) is 6.43. The summed E-state index contributed by atoms with van der Waals surface area (Å²) < 4.78 is 33.1. The Labute approximate surface area is 215 Å². The lowest BCUT2D eigenvalue weighted by Crippen LogP contribution is -2.45. The number of aromatic nitrogens is 1. The molecule has 0 aromatic carbocycles. The second-order valence-electron chi connectivity index (χ2n) is 9.18. The van der Waals surface area contributed by atoms with E-state index in [1.165, 1.54) is 10.9 Å². The van der Waals surface area contributed by atoms with E-state index in [9.17, 15) is 8.42 Å². The maximum Gasteiger partial charge on any atom is 0.236 e. The highest BCUT2D eigenvalue weighted by Crippen LogP contribution is 2.26. The smallest absolute Gasteiger partial charge is 0.236 e. The number of thiocarbonyl (C=S) groups is 1. The van der Waals surface area contributed by atoms with E-state index in [1.54, 1.807) is 12.4 Å². The number of nitrogens with zero attached hydrogens (tertiary/aromatic N) is 3. The summed E-state index contributed by atoms with van der Waals surface area (Å²) in [5.41, 5.74) is 0.900. The molecule has 2 fully saturated rings. The number of hydrogen-bond donors (Lipinski definition) is 2. The number of morpholine rings is 1. The molecule has 198 valence electrons. The predicted octanol–water partition coefficient (Wildman–Crippen LogP) is 3.16. The van der Waals surface area contributed by atoms with E-state index in [0.29, 0.717) is 18.1 Å². The topological polar surface area (TPSA) is 96.0 Å². The fourth-order valence-electron chi connectivity index (χ4n) is 4.45. The second kappa shape index (κ2) is 15.7. The molecule has 1 aromatic rings. The van der Waals surface area contributed by atoms with Crippen molar-refractivity contribution in [3.05, 3.63) is 24.5 Å². The summed E-state index contributed by atoms with van der Waals surface area (Å²) in [5.74, 6) is 0.135. The minimum absolute atomic E-state index is 0.0310. The minimum Gasteiger partial charge on any atom is -0.379 e. The average Bonchev–Trinajstić information content (AvgIpc) is 2.87. The normalized spacial score (nSPS) is 18.0. The van der Waals surface area contributed by atoms with Gasteiger partial charge in [-0.15, -0.1) is 0 Å². The average molecular weight is 528 g/mol. The molecule has 1 aliphatic carbocycles. The van der Waals surface area contributed by atoms with Gasteiger partial charge in [0, 0.05) is 44.3 Å². The van der Waals surface area contributed by atoms with Crippen molar-refractivity contribution < 1.29 is 18.0 Å². The highest BCUT2D eigenvalue weighted by Gasteiger charge is 2.32. The van der Waals surface area contributed by atoms with Crippen molar-refractivity contribution in [2.45, 2.75) is 63.8 Å². The third kappa shape index (κ3) is 10.6. The number of hydroxylamine groups is 1. The van der Waals surface area contributed by atoms with E-state index in [1.807, 2.05) is 12.1 Å². The first-order valence-electron chi connectivity index (χ1n) is 12.9. The van der Waals surface area contributed by atoms with Crippen LogP contribution in [0, 0.1) is 0 Å². The van der Waals surface area contributed by atoms with Gasteiger partial charge in [0.15, 0.2) is 5.11 Å². The monoisotopic (exact) mass is 527 g/mol. The fourth-order valence-corrected chi connectivity index (χ4v) is 6.32. The van der Waals surface area contributed by atoms with Gasteiger partial charge in [-0.2, -0.15) is 0 Å². The summed E-state index contributed by atoms with van der Waals surface area (Å²) >= 11 is 5.30. The first-order valence-corrected chi connectivity index (χ1v) is 15.0. The van der Waals surface area contributed by atoms with Gasteiger partial charge in [0.05, 0.1) is 31.6 Å². The van der Waals surface area contributed by atoms with Crippen LogP contribution >= 0.6 is 12.2 Å². The molecule has 0 spiro atoms. The quantitative estimate of drug-likeness (QED) is 0.215. The highest BCUT2D eigenvalue weighted by atomic mass is 32.2. The van der Waals surface area contributed by atoms with E-state index < -0.39 is 10.0 Å². The number of pyridine rings is 1. The largest absolute Gasteiger partial charge is 0.379 e. The lowest BCUT2D eigenvalue weighted by atomic mass is 9.96. The summed E-state index contributed by atoms with van der Waals surface area (Å²) in [5, 5.41) is 6.89. The van der Waals surface area contributed by atoms with Crippen molar-refractivity contribution in [2.75, 3.05) is 57.1 Å². The van der Waals surface area contributed by atoms with Crippen molar-refractivity contribution in [1.29, 1.82) is 0 Å². The van der Waals surface area contributed by atoms with E-state index in [-0.39, 0.29) is 11.8 Å². The van der Waals surface area contributed by atoms with Gasteiger partial charge in [0.25, 0.3) is 0 Å². The predicted molar refractivity (Wildman–Crippen MR) is 143 cm³/mol. The minimum atomic E-state index is -3.45. The van der Waals surface area contributed by atoms with Crippen molar-refractivity contribution >= 4 is 33.0 Å². The summed E-state index contributed by atoms with van der Waals surface area (Å²) in [6.45, 7) is 5.09. The second-order valence-corrected chi connectivity index (χ2v) is 11.5. The molecule has 2 heterocycles. The van der Waals surface area contributed by atoms with Gasteiger partial charge in [-0.1, -0.05) is 36.6 Å². The number of anilines is 1. The van der Waals surface area contributed by atoms with Crippen LogP contribution in [-0.2, 0) is 19.6 Å². The van der Waals surface area contributed by atoms with Crippen molar-refractivity contribution in [3.63, 3.8) is 0 Å². The van der Waals surface area contributed by atoms with Crippen LogP contribution in [0.1, 0.15) is 57.8 Å². The summed E-state index contributed by atoms with van der Waals surface area (Å²) in [4.78, 5) is 12.2. The number of nitrogens with one attached hydrogen (secondary N) is 2. The van der Waals surface area contributed by atoms with Gasteiger partial charge in [-0.3, -0.25) is 14.7 Å². The molecule has 1 aromatic heterocycles. The molecule has 35 heavy (non-hydrogen) atoms. The van der Waals surface area contributed by atoms with Crippen LogP contribution in [0.2, 0.25) is 0 Å². The van der Waals surface area contributed by atoms with Crippen molar-refractivity contribution in [3.8, 4) is 0 Å². The van der Waals surface area contributed by atoms with Crippen LogP contribution in [0.4, 0.5) is 5.69 Å². The Morgan fingerprint density at radius 2 is 1.83 bits per heavy atom. The Morgan fingerprint density at radius 3 is 2.57 bits per heavy atom. The van der Waals surface area contributed by atoms with Crippen LogP contribution in [0.15, 0.2) is 24.5 Å². The SMILES string of the molecule is O=S(=O)(CCCCCCNC(=S)Nc1ccncc1)N(OCCN1CCOCC1)C1CCCCC1. The Hall–Kier alpha value is -1.37. The molecular formula is C24H41N5O4S2. The van der Waals surface area contributed by atoms with E-state index in [0.717, 1.165) is 90.0 Å². The van der Waals surface area contributed by atoms with Crippen molar-refractivity contribution in [2.24, 2.45) is 0 Å². The molecule has 9 nitrogen and oxygen atoms in total. The molecule has 0 radical (unpaired) electrons. The molecular weight excluding hydrogens is 486 g/mol. The number of rotatable bonds is 14. The maximum atomic E-state index is 13.2. The van der Waals surface area contributed by atoms with Gasteiger partial charge in [0.2, 0.25) is 10.0 Å². The Kier molecular flexibility index (Phi) is 12.6. The summed E-state index contributed by atoms with van der Waals surface area (Å²) in [6.07, 6.45) is 11.9. The maximum absolute atomic E-state index is 13.2. The van der Waals surface area contributed by atoms with Crippen LogP contribution in [0.5, 0.6) is 0 Å². The van der Waals surface area contributed by atoms with E-state index >= 15 is 0 Å². The first-order chi connectivity index (χ1) is 17.0. The number of ether oxygens (including phenoxy) is 1. The van der Waals surface area contributed by atoms with Crippen LogP contribution in [-0.4, -0.2) is 85.7 Å². The van der Waals surface area contributed by atoms with Gasteiger partial charge in [0.1, 0.15) is 0 Å². The number of hydrogen-bond acceptors (Lipinski definition) is 7. The summed E-state index contributed by atoms with van der Waals surface area (Å²) in [7, 11) is -3.45. The zero-order chi connectivity index (χ0) is 24.8. The molecule has 1 saturated carbocycles. The lowest BCUT2D eigenvalue weighted by Gasteiger charge is -2.33. The molecule has 2 aliphatic rings. The van der Waals surface area contributed by atoms with Gasteiger partial charge >= 0.3 is 0 Å². The standard InChI is InChI=1S/C24H41N5O4S2/c30-35(31,21-7-2-1-6-12-26-24(34)27-22-10-13-25-14-11-22)29(23-8-4-3-5-9-23)33-20-17-28-15-18-32-19-16-28/h10-11,13-14,23H,1-9,12,15-21H2,(H2,25,26,27,34). The lowest BCUT2D eigenvalue weighted by molar-refractivity contribution is -0.126. The molecule has 1 aliphatic heterocycles. The van der Waals surface area contributed by atoms with Gasteiger partial charge in [-0.05, 0) is 50.0 Å². The summed E-state index contributed by atoms with van der Waals surface area (Å²) in [6, 6.07) is 3.69. The van der Waals surface area contributed by atoms with Gasteiger partial charge < -0.3 is 15.4 Å². The molecule has 3 rings (SSSR count). The molecule has 11 heteroatoms. The number of sulfonamides is 1. The van der Waals surface area contributed by atoms with Crippen LogP contribution < -0.4 is 10.6 Å². The Balaban J connectivity index is 1.34. The van der Waals surface area contributed by atoms with Crippen LogP contribution in [0.25, 0.3) is 0 Å². The Bertz CT molecular complexity index is 832. The van der Waals surface area contributed by atoms with E-state index in [4.69, 9.17) is 21.8 Å². The number of unbranched alkanes of at least 4 members (excludes halogenated alkanes) is 3. The molecule has 1 saturated heterocycles. The zero-order valence-electron chi connectivity index (χ0n) is 20.7. The van der Waals surface area contributed by atoms with E-state index in [2.05, 4.69) is 20.5 Å². The van der Waals surface area contributed by atoms with Crippen molar-refractivity contribution in [1.82, 2.24) is 19.7 Å².